The van der Waals surface area contributed by atoms with Crippen LogP contribution in [0.15, 0.2) is 0 Å². The molecule has 1 unspecified atom stereocenters. The molecule has 0 saturated heterocycles. The first-order chi connectivity index (χ1) is 11.5. The number of hydrogen-bond donors (Lipinski definition) is 6. The van der Waals surface area contributed by atoms with Crippen molar-refractivity contribution in [2.75, 3.05) is 19.6 Å². The molecule has 0 heterocycles. The standard InChI is InChI=1S/C15H29N6O3/c16-13(23)7-6-12(11-22)19-8-3-1-2-5-14(24)20-9-4-10-21-15(17)18/h12,19H,1-10H2,(H2,16,23)(H,20,24)(H4,17,18,21). The van der Waals surface area contributed by atoms with Gasteiger partial charge in [0.2, 0.25) is 18.1 Å². The molecule has 0 aromatic heterocycles. The Hall–Kier alpha value is -2.16. The highest BCUT2D eigenvalue weighted by atomic mass is 16.2. The number of carbonyl (C=O) groups excluding carboxylic acids is 3. The fraction of sp³-hybridized carbons (Fsp3) is 0.733. The van der Waals surface area contributed by atoms with Gasteiger partial charge in [0.15, 0.2) is 5.96 Å². The van der Waals surface area contributed by atoms with Gasteiger partial charge in [-0.1, -0.05) is 6.42 Å². The minimum absolute atomic E-state index is 0.00587. The van der Waals surface area contributed by atoms with Crippen molar-refractivity contribution in [1.29, 1.82) is 5.41 Å². The van der Waals surface area contributed by atoms with E-state index in [0.29, 0.717) is 38.9 Å². The monoisotopic (exact) mass is 341 g/mol. The number of hydrogen-bond acceptors (Lipinski definition) is 5. The van der Waals surface area contributed by atoms with E-state index in [2.05, 4.69) is 16.0 Å². The summed E-state index contributed by atoms with van der Waals surface area (Å²) in [6, 6.07) is -0.468. The number of rotatable bonds is 15. The molecule has 0 aliphatic heterocycles. The van der Waals surface area contributed by atoms with Crippen LogP contribution in [0.2, 0.25) is 0 Å². The summed E-state index contributed by atoms with van der Waals surface area (Å²) in [6.07, 6.45) is 6.03. The Morgan fingerprint density at radius 1 is 0.958 bits per heavy atom. The maximum Gasteiger partial charge on any atom is 0.219 e. The average Bonchev–Trinajstić information content (AvgIpc) is 2.52. The van der Waals surface area contributed by atoms with Gasteiger partial charge in [-0.2, -0.15) is 0 Å². The van der Waals surface area contributed by atoms with E-state index in [4.69, 9.17) is 16.9 Å². The molecule has 0 aliphatic carbocycles. The molecule has 9 nitrogen and oxygen atoms in total. The third kappa shape index (κ3) is 14.8. The number of nitrogens with two attached hydrogens (primary N) is 2. The van der Waals surface area contributed by atoms with Crippen molar-refractivity contribution in [3.8, 4) is 0 Å². The summed E-state index contributed by atoms with van der Waals surface area (Å²) in [5, 5.41) is 15.4. The lowest BCUT2D eigenvalue weighted by atomic mass is 10.1. The molecule has 2 amide bonds. The van der Waals surface area contributed by atoms with E-state index < -0.39 is 11.9 Å². The molecule has 1 atom stereocenters. The Bertz CT molecular complexity index is 403. The van der Waals surface area contributed by atoms with E-state index in [1.54, 1.807) is 0 Å². The Labute approximate surface area is 142 Å². The Balaban J connectivity index is 3.47. The molecular formula is C15H29N6O3. The molecule has 0 spiro atoms. The second kappa shape index (κ2) is 14.4. The quantitative estimate of drug-likeness (QED) is 0.125. The summed E-state index contributed by atoms with van der Waals surface area (Å²) >= 11 is 0. The van der Waals surface area contributed by atoms with E-state index in [-0.39, 0.29) is 18.3 Å². The lowest BCUT2D eigenvalue weighted by molar-refractivity contribution is -0.121. The summed E-state index contributed by atoms with van der Waals surface area (Å²) in [4.78, 5) is 32.9. The summed E-state index contributed by atoms with van der Waals surface area (Å²) in [5.41, 5.74) is 10.2. The van der Waals surface area contributed by atoms with Gasteiger partial charge in [0, 0.05) is 25.9 Å². The largest absolute Gasteiger partial charge is 0.370 e. The Morgan fingerprint density at radius 3 is 2.29 bits per heavy atom. The lowest BCUT2D eigenvalue weighted by Crippen LogP contribution is -2.33. The van der Waals surface area contributed by atoms with Crippen molar-refractivity contribution in [2.24, 2.45) is 11.5 Å². The van der Waals surface area contributed by atoms with Gasteiger partial charge in [-0.25, -0.2) is 0 Å². The molecular weight excluding hydrogens is 312 g/mol. The van der Waals surface area contributed by atoms with Crippen LogP contribution in [0.1, 0.15) is 44.9 Å². The Morgan fingerprint density at radius 2 is 1.67 bits per heavy atom. The average molecular weight is 341 g/mol. The van der Waals surface area contributed by atoms with E-state index in [9.17, 15) is 14.4 Å². The predicted molar refractivity (Wildman–Crippen MR) is 91.9 cm³/mol. The fourth-order valence-electron chi connectivity index (χ4n) is 1.98. The third-order valence-electron chi connectivity index (χ3n) is 3.28. The fourth-order valence-corrected chi connectivity index (χ4v) is 1.98. The summed E-state index contributed by atoms with van der Waals surface area (Å²) in [7, 11) is 0. The molecule has 0 fully saturated rings. The van der Waals surface area contributed by atoms with Gasteiger partial charge in [-0.15, -0.1) is 0 Å². The first kappa shape index (κ1) is 21.8. The maximum atomic E-state index is 11.6. The highest BCUT2D eigenvalue weighted by Gasteiger charge is 2.08. The van der Waals surface area contributed by atoms with Crippen molar-refractivity contribution < 1.29 is 14.4 Å². The van der Waals surface area contributed by atoms with Gasteiger partial charge >= 0.3 is 0 Å². The van der Waals surface area contributed by atoms with Crippen LogP contribution in [0.5, 0.6) is 0 Å². The van der Waals surface area contributed by atoms with Gasteiger partial charge in [0.1, 0.15) is 0 Å². The van der Waals surface area contributed by atoms with Gasteiger partial charge < -0.3 is 27.4 Å². The molecule has 0 rings (SSSR count). The number of carbonyl (C=O) groups is 2. The molecule has 0 aromatic carbocycles. The number of primary amides is 1. The van der Waals surface area contributed by atoms with Crippen molar-refractivity contribution in [3.05, 3.63) is 0 Å². The van der Waals surface area contributed by atoms with Crippen LogP contribution in [0.25, 0.3) is 0 Å². The summed E-state index contributed by atoms with van der Waals surface area (Å²) < 4.78 is 0. The summed E-state index contributed by atoms with van der Waals surface area (Å²) in [5.74, 6) is -0.495. The molecule has 24 heavy (non-hydrogen) atoms. The molecule has 0 bridgehead atoms. The molecule has 9 heteroatoms. The minimum Gasteiger partial charge on any atom is -0.370 e. The van der Waals surface area contributed by atoms with Gasteiger partial charge in [-0.3, -0.25) is 19.8 Å². The number of nitrogens with one attached hydrogen (secondary N) is 4. The first-order valence-corrected chi connectivity index (χ1v) is 8.19. The third-order valence-corrected chi connectivity index (χ3v) is 3.28. The topological polar surface area (TPSA) is 163 Å². The van der Waals surface area contributed by atoms with Crippen molar-refractivity contribution in [2.45, 2.75) is 51.0 Å². The highest BCUT2D eigenvalue weighted by molar-refractivity contribution is 5.76. The van der Waals surface area contributed by atoms with Crippen LogP contribution in [0.4, 0.5) is 0 Å². The zero-order valence-corrected chi connectivity index (χ0v) is 14.0. The Kier molecular flexibility index (Phi) is 13.1. The van der Waals surface area contributed by atoms with E-state index >= 15 is 0 Å². The van der Waals surface area contributed by atoms with Crippen molar-refractivity contribution in [1.82, 2.24) is 16.0 Å². The number of guanidine groups is 1. The summed E-state index contributed by atoms with van der Waals surface area (Å²) in [6.45, 7) is 1.75. The zero-order chi connectivity index (χ0) is 18.2. The SMILES string of the molecule is N=C(N)NCCCNC(=O)CCCCCNC([C]=O)CCC(N)=O. The van der Waals surface area contributed by atoms with Crippen LogP contribution in [0.3, 0.4) is 0 Å². The second-order valence-corrected chi connectivity index (χ2v) is 5.48. The van der Waals surface area contributed by atoms with Gasteiger partial charge in [0.05, 0.1) is 6.04 Å². The van der Waals surface area contributed by atoms with Crippen LogP contribution in [-0.2, 0) is 14.4 Å². The maximum absolute atomic E-state index is 11.6. The van der Waals surface area contributed by atoms with Crippen molar-refractivity contribution >= 4 is 24.1 Å². The second-order valence-electron chi connectivity index (χ2n) is 5.48. The van der Waals surface area contributed by atoms with Crippen LogP contribution >= 0.6 is 0 Å². The minimum atomic E-state index is -0.468. The first-order valence-electron chi connectivity index (χ1n) is 8.19. The lowest BCUT2D eigenvalue weighted by Gasteiger charge is -2.10. The molecule has 0 aliphatic rings. The predicted octanol–water partition coefficient (Wildman–Crippen LogP) is -1.13. The van der Waals surface area contributed by atoms with E-state index in [1.165, 1.54) is 0 Å². The van der Waals surface area contributed by atoms with Gasteiger partial charge in [0.25, 0.3) is 0 Å². The normalized spacial score (nSPS) is 11.5. The van der Waals surface area contributed by atoms with Crippen LogP contribution < -0.4 is 27.4 Å². The zero-order valence-electron chi connectivity index (χ0n) is 14.0. The number of unbranched alkanes of at least 4 members (excludes halogenated alkanes) is 2. The van der Waals surface area contributed by atoms with Gasteiger partial charge in [-0.05, 0) is 32.2 Å². The molecule has 0 aromatic rings. The number of amides is 2. The van der Waals surface area contributed by atoms with Crippen LogP contribution in [0, 0.1) is 5.41 Å². The highest BCUT2D eigenvalue weighted by Crippen LogP contribution is 2.00. The molecule has 137 valence electrons. The molecule has 1 radical (unpaired) electrons. The van der Waals surface area contributed by atoms with Crippen LogP contribution in [-0.4, -0.2) is 49.7 Å². The van der Waals surface area contributed by atoms with Crippen molar-refractivity contribution in [3.63, 3.8) is 0 Å². The molecule has 0 saturated carbocycles. The molecule has 8 N–H and O–H groups in total. The van der Waals surface area contributed by atoms with E-state index in [1.807, 2.05) is 6.29 Å². The van der Waals surface area contributed by atoms with E-state index in [0.717, 1.165) is 19.3 Å². The smallest absolute Gasteiger partial charge is 0.219 e.